The lowest BCUT2D eigenvalue weighted by Gasteiger charge is -2.02. The van der Waals surface area contributed by atoms with Gasteiger partial charge in [-0.05, 0) is 13.3 Å². The summed E-state index contributed by atoms with van der Waals surface area (Å²) in [7, 11) is 0. The minimum atomic E-state index is -0.165. The Morgan fingerprint density at radius 2 is 1.89 bits per heavy atom. The predicted octanol–water partition coefficient (Wildman–Crippen LogP) is 3.46. The summed E-state index contributed by atoms with van der Waals surface area (Å²) in [5.74, 6) is 0.136. The van der Waals surface area contributed by atoms with Crippen molar-refractivity contribution in [2.45, 2.75) is 58.8 Å². The molecule has 0 atom stereocenters. The lowest BCUT2D eigenvalue weighted by atomic mass is 10.1. The van der Waals surface area contributed by atoms with Crippen LogP contribution in [0, 0.1) is 6.92 Å². The first kappa shape index (κ1) is 14.7. The molecule has 0 spiro atoms. The SMILES string of the molecule is CCCCCCCCCNC(=O)c1cc(C)no1. The van der Waals surface area contributed by atoms with E-state index >= 15 is 0 Å². The molecular weight excluding hydrogens is 228 g/mol. The lowest BCUT2D eigenvalue weighted by molar-refractivity contribution is 0.0916. The fourth-order valence-corrected chi connectivity index (χ4v) is 1.84. The first-order valence-electron chi connectivity index (χ1n) is 6.95. The number of aromatic nitrogens is 1. The number of nitrogens with zero attached hydrogens (tertiary/aromatic N) is 1. The van der Waals surface area contributed by atoms with Gasteiger partial charge in [0.25, 0.3) is 5.91 Å². The summed E-state index contributed by atoms with van der Waals surface area (Å²) < 4.78 is 4.89. The Morgan fingerprint density at radius 3 is 2.50 bits per heavy atom. The minimum Gasteiger partial charge on any atom is -0.351 e. The van der Waals surface area contributed by atoms with Crippen molar-refractivity contribution in [3.8, 4) is 0 Å². The highest BCUT2D eigenvalue weighted by molar-refractivity contribution is 5.91. The van der Waals surface area contributed by atoms with Crippen LogP contribution in [0.2, 0.25) is 0 Å². The number of carbonyl (C=O) groups excluding carboxylic acids is 1. The van der Waals surface area contributed by atoms with Gasteiger partial charge in [0.1, 0.15) is 0 Å². The minimum absolute atomic E-state index is 0.165. The normalized spacial score (nSPS) is 10.6. The van der Waals surface area contributed by atoms with Gasteiger partial charge in [0.2, 0.25) is 5.76 Å². The molecule has 4 nitrogen and oxygen atoms in total. The number of rotatable bonds is 9. The third-order valence-corrected chi connectivity index (χ3v) is 2.92. The van der Waals surface area contributed by atoms with Gasteiger partial charge in [0.15, 0.2) is 0 Å². The Bertz CT molecular complexity index is 347. The molecular formula is C14H24N2O2. The molecule has 0 aliphatic heterocycles. The molecule has 102 valence electrons. The Labute approximate surface area is 109 Å². The van der Waals surface area contributed by atoms with Crippen LogP contribution in [0.1, 0.15) is 68.1 Å². The molecule has 0 saturated heterocycles. The molecule has 1 heterocycles. The monoisotopic (exact) mass is 252 g/mol. The second kappa shape index (κ2) is 8.72. The number of amides is 1. The zero-order chi connectivity index (χ0) is 13.2. The fraction of sp³-hybridized carbons (Fsp3) is 0.714. The molecule has 18 heavy (non-hydrogen) atoms. The lowest BCUT2D eigenvalue weighted by Crippen LogP contribution is -2.23. The van der Waals surface area contributed by atoms with Crippen molar-refractivity contribution >= 4 is 5.91 Å². The summed E-state index contributed by atoms with van der Waals surface area (Å²) >= 11 is 0. The topological polar surface area (TPSA) is 55.1 Å². The van der Waals surface area contributed by atoms with E-state index in [1.54, 1.807) is 13.0 Å². The number of aryl methyl sites for hydroxylation is 1. The molecule has 0 unspecified atom stereocenters. The molecule has 1 N–H and O–H groups in total. The van der Waals surface area contributed by atoms with Crippen LogP contribution >= 0.6 is 0 Å². The second-order valence-corrected chi connectivity index (χ2v) is 4.71. The summed E-state index contributed by atoms with van der Waals surface area (Å²) in [6, 6.07) is 1.65. The molecule has 1 aromatic heterocycles. The van der Waals surface area contributed by atoms with Crippen molar-refractivity contribution in [1.29, 1.82) is 0 Å². The van der Waals surface area contributed by atoms with Crippen LogP contribution in [-0.4, -0.2) is 17.6 Å². The van der Waals surface area contributed by atoms with Crippen LogP contribution in [0.5, 0.6) is 0 Å². The van der Waals surface area contributed by atoms with Gasteiger partial charge in [-0.25, -0.2) is 0 Å². The summed E-state index contributed by atoms with van der Waals surface area (Å²) in [5.41, 5.74) is 0.732. The van der Waals surface area contributed by atoms with E-state index in [1.165, 1.54) is 38.5 Å². The van der Waals surface area contributed by atoms with E-state index < -0.39 is 0 Å². The maximum absolute atomic E-state index is 11.6. The Kier molecular flexibility index (Phi) is 7.14. The molecule has 1 rings (SSSR count). The van der Waals surface area contributed by atoms with Gasteiger partial charge in [-0.3, -0.25) is 4.79 Å². The van der Waals surface area contributed by atoms with Crippen molar-refractivity contribution in [3.63, 3.8) is 0 Å². The quantitative estimate of drug-likeness (QED) is 0.685. The average Bonchev–Trinajstić information content (AvgIpc) is 2.79. The highest BCUT2D eigenvalue weighted by atomic mass is 16.5. The van der Waals surface area contributed by atoms with Gasteiger partial charge >= 0.3 is 0 Å². The van der Waals surface area contributed by atoms with Crippen molar-refractivity contribution in [1.82, 2.24) is 10.5 Å². The van der Waals surface area contributed by atoms with E-state index in [0.717, 1.165) is 12.1 Å². The smallest absolute Gasteiger partial charge is 0.289 e. The van der Waals surface area contributed by atoms with Crippen LogP contribution < -0.4 is 5.32 Å². The predicted molar refractivity (Wildman–Crippen MR) is 71.6 cm³/mol. The summed E-state index contributed by atoms with van der Waals surface area (Å²) in [6.45, 7) is 4.74. The van der Waals surface area contributed by atoms with Crippen molar-refractivity contribution in [2.24, 2.45) is 0 Å². The molecule has 0 fully saturated rings. The van der Waals surface area contributed by atoms with Gasteiger partial charge < -0.3 is 9.84 Å². The highest BCUT2D eigenvalue weighted by Gasteiger charge is 2.09. The average molecular weight is 252 g/mol. The molecule has 1 aromatic rings. The van der Waals surface area contributed by atoms with Gasteiger partial charge in [-0.2, -0.15) is 0 Å². The number of unbranched alkanes of at least 4 members (excludes halogenated alkanes) is 6. The maximum atomic E-state index is 11.6. The first-order chi connectivity index (χ1) is 8.74. The van der Waals surface area contributed by atoms with Gasteiger partial charge in [-0.15, -0.1) is 0 Å². The molecule has 4 heteroatoms. The van der Waals surface area contributed by atoms with E-state index in [9.17, 15) is 4.79 Å². The summed E-state index contributed by atoms with van der Waals surface area (Å²) in [4.78, 5) is 11.6. The molecule has 0 radical (unpaired) electrons. The molecule has 0 aliphatic carbocycles. The van der Waals surface area contributed by atoms with Crippen molar-refractivity contribution in [2.75, 3.05) is 6.54 Å². The van der Waals surface area contributed by atoms with Crippen molar-refractivity contribution in [3.05, 3.63) is 17.5 Å². The van der Waals surface area contributed by atoms with Crippen LogP contribution in [0.15, 0.2) is 10.6 Å². The van der Waals surface area contributed by atoms with E-state index in [4.69, 9.17) is 4.52 Å². The Hall–Kier alpha value is -1.32. The van der Waals surface area contributed by atoms with Crippen molar-refractivity contribution < 1.29 is 9.32 Å². The molecule has 0 aromatic carbocycles. The fourth-order valence-electron chi connectivity index (χ4n) is 1.84. The summed E-state index contributed by atoms with van der Waals surface area (Å²) in [5, 5.41) is 6.53. The van der Waals surface area contributed by atoms with Gasteiger partial charge in [-0.1, -0.05) is 50.6 Å². The Balaban J connectivity index is 1.99. The Morgan fingerprint density at radius 1 is 1.22 bits per heavy atom. The van der Waals surface area contributed by atoms with Gasteiger partial charge in [0.05, 0.1) is 5.69 Å². The van der Waals surface area contributed by atoms with Crippen LogP contribution in [0.4, 0.5) is 0 Å². The van der Waals surface area contributed by atoms with E-state index in [-0.39, 0.29) is 5.91 Å². The third-order valence-electron chi connectivity index (χ3n) is 2.92. The molecule has 0 aliphatic rings. The zero-order valence-electron chi connectivity index (χ0n) is 11.5. The van der Waals surface area contributed by atoms with Crippen LogP contribution in [0.3, 0.4) is 0 Å². The number of hydrogen-bond donors (Lipinski definition) is 1. The number of nitrogens with one attached hydrogen (secondary N) is 1. The molecule has 1 amide bonds. The van der Waals surface area contributed by atoms with E-state index in [1.807, 2.05) is 0 Å². The summed E-state index contributed by atoms with van der Waals surface area (Å²) in [6.07, 6.45) is 8.74. The molecule has 0 bridgehead atoms. The van der Waals surface area contributed by atoms with Crippen LogP contribution in [-0.2, 0) is 0 Å². The standard InChI is InChI=1S/C14H24N2O2/c1-3-4-5-6-7-8-9-10-15-14(17)13-11-12(2)16-18-13/h11H,3-10H2,1-2H3,(H,15,17). The highest BCUT2D eigenvalue weighted by Crippen LogP contribution is 2.06. The second-order valence-electron chi connectivity index (χ2n) is 4.71. The zero-order valence-corrected chi connectivity index (χ0v) is 11.5. The van der Waals surface area contributed by atoms with E-state index in [2.05, 4.69) is 17.4 Å². The van der Waals surface area contributed by atoms with Gasteiger partial charge in [0, 0.05) is 12.6 Å². The molecule has 0 saturated carbocycles. The first-order valence-corrected chi connectivity index (χ1v) is 6.95. The van der Waals surface area contributed by atoms with E-state index in [0.29, 0.717) is 12.3 Å². The maximum Gasteiger partial charge on any atom is 0.289 e. The van der Waals surface area contributed by atoms with Crippen LogP contribution in [0.25, 0.3) is 0 Å². The number of hydrogen-bond acceptors (Lipinski definition) is 3. The third kappa shape index (κ3) is 5.84. The number of carbonyl (C=O) groups is 1. The largest absolute Gasteiger partial charge is 0.351 e.